The molecule has 1 rings (SSSR count). The number of halogens is 2. The fourth-order valence-corrected chi connectivity index (χ4v) is 1.55. The van der Waals surface area contributed by atoms with Crippen molar-refractivity contribution >= 4 is 41.5 Å². The van der Waals surface area contributed by atoms with Crippen molar-refractivity contribution in [2.75, 3.05) is 18.3 Å². The highest BCUT2D eigenvalue weighted by Crippen LogP contribution is 2.37. The number of hydrogen-bond acceptors (Lipinski definition) is 3. The van der Waals surface area contributed by atoms with E-state index in [1.165, 1.54) is 0 Å². The molecule has 0 spiro atoms. The van der Waals surface area contributed by atoms with Crippen molar-refractivity contribution in [1.82, 2.24) is 0 Å². The summed E-state index contributed by atoms with van der Waals surface area (Å²) in [6, 6.07) is 3.54. The first-order valence-electron chi connectivity index (χ1n) is 3.57. The minimum Gasteiger partial charge on any atom is -0.495 e. The van der Waals surface area contributed by atoms with E-state index in [2.05, 4.69) is 17.9 Å². The first-order chi connectivity index (χ1) is 6.20. The van der Waals surface area contributed by atoms with Crippen LogP contribution >= 0.6 is 35.8 Å². The molecular weight excluding hydrogens is 229 g/mol. The Balaban J connectivity index is 3.07. The van der Waals surface area contributed by atoms with E-state index < -0.39 is 0 Å². The summed E-state index contributed by atoms with van der Waals surface area (Å²) >= 11 is 15.9. The Kier molecular flexibility index (Phi) is 4.03. The van der Waals surface area contributed by atoms with Crippen LogP contribution in [0.4, 0.5) is 5.69 Å². The summed E-state index contributed by atoms with van der Waals surface area (Å²) in [6.45, 7) is 0. The third-order valence-electron chi connectivity index (χ3n) is 1.54. The molecule has 5 heteroatoms. The van der Waals surface area contributed by atoms with Crippen LogP contribution < -0.4 is 10.1 Å². The van der Waals surface area contributed by atoms with Gasteiger partial charge in [0.2, 0.25) is 0 Å². The lowest BCUT2D eigenvalue weighted by molar-refractivity contribution is 0.415. The van der Waals surface area contributed by atoms with Gasteiger partial charge in [0.1, 0.15) is 10.8 Å². The molecule has 0 aliphatic heterocycles. The molecule has 0 saturated carbocycles. The van der Waals surface area contributed by atoms with E-state index in [4.69, 9.17) is 27.9 Å². The monoisotopic (exact) mass is 237 g/mol. The second kappa shape index (κ2) is 4.84. The number of anilines is 1. The maximum Gasteiger partial charge on any atom is 0.139 e. The Morgan fingerprint density at radius 2 is 2.08 bits per heavy atom. The third kappa shape index (κ3) is 2.36. The average Bonchev–Trinajstić information content (AvgIpc) is 2.14. The number of hydrogen-bond donors (Lipinski definition) is 2. The molecule has 0 aliphatic carbocycles. The van der Waals surface area contributed by atoms with Gasteiger partial charge in [-0.25, -0.2) is 0 Å². The van der Waals surface area contributed by atoms with Gasteiger partial charge in [0.25, 0.3) is 0 Å². The predicted octanol–water partition coefficient (Wildman–Crippen LogP) is 3.30. The van der Waals surface area contributed by atoms with E-state index in [0.717, 1.165) is 5.69 Å². The fraction of sp³-hybridized carbons (Fsp3) is 0.250. The number of ether oxygens (including phenoxy) is 1. The smallest absolute Gasteiger partial charge is 0.139 e. The molecule has 0 amide bonds. The summed E-state index contributed by atoms with van der Waals surface area (Å²) in [7, 11) is 1.54. The quantitative estimate of drug-likeness (QED) is 0.622. The highest BCUT2D eigenvalue weighted by molar-refractivity contribution is 7.80. The molecule has 0 radical (unpaired) electrons. The highest BCUT2D eigenvalue weighted by atomic mass is 35.5. The average molecular weight is 238 g/mol. The molecule has 0 bridgehead atoms. The van der Waals surface area contributed by atoms with Gasteiger partial charge in [-0.3, -0.25) is 0 Å². The van der Waals surface area contributed by atoms with Gasteiger partial charge in [0.15, 0.2) is 0 Å². The normalized spacial score (nSPS) is 9.85. The van der Waals surface area contributed by atoms with Gasteiger partial charge in [-0.15, -0.1) is 0 Å². The van der Waals surface area contributed by atoms with Crippen molar-refractivity contribution in [2.24, 2.45) is 0 Å². The molecule has 0 heterocycles. The minimum atomic E-state index is 0.413. The fourth-order valence-electron chi connectivity index (χ4n) is 0.911. The van der Waals surface area contributed by atoms with Crippen LogP contribution in [-0.4, -0.2) is 13.0 Å². The second-order valence-corrected chi connectivity index (χ2v) is 3.35. The van der Waals surface area contributed by atoms with E-state index >= 15 is 0 Å². The van der Waals surface area contributed by atoms with Crippen LogP contribution in [-0.2, 0) is 0 Å². The lowest BCUT2D eigenvalue weighted by atomic mass is 10.3. The van der Waals surface area contributed by atoms with Gasteiger partial charge >= 0.3 is 0 Å². The molecular formula is C8H9Cl2NOS. The van der Waals surface area contributed by atoms with Crippen molar-refractivity contribution in [3.8, 4) is 5.75 Å². The molecule has 1 N–H and O–H groups in total. The molecule has 2 nitrogen and oxygen atoms in total. The lowest BCUT2D eigenvalue weighted by Gasteiger charge is -2.09. The lowest BCUT2D eigenvalue weighted by Crippen LogP contribution is -1.96. The molecule has 1 aromatic carbocycles. The Hall–Kier alpha value is -0.250. The molecule has 0 unspecified atom stereocenters. The Morgan fingerprint density at radius 1 is 1.38 bits per heavy atom. The summed E-state index contributed by atoms with van der Waals surface area (Å²) in [5.41, 5.74) is 0.752. The highest BCUT2D eigenvalue weighted by Gasteiger charge is 2.09. The van der Waals surface area contributed by atoms with Gasteiger partial charge in [0, 0.05) is 0 Å². The van der Waals surface area contributed by atoms with Gasteiger partial charge in [-0.1, -0.05) is 23.2 Å². The zero-order chi connectivity index (χ0) is 9.84. The second-order valence-electron chi connectivity index (χ2n) is 2.28. The first kappa shape index (κ1) is 10.8. The van der Waals surface area contributed by atoms with Crippen LogP contribution in [0.1, 0.15) is 0 Å². The van der Waals surface area contributed by atoms with Gasteiger partial charge < -0.3 is 10.1 Å². The molecule has 1 aromatic rings. The molecule has 0 saturated heterocycles. The SMILES string of the molecule is COc1ccc(NCS)c(Cl)c1Cl. The van der Waals surface area contributed by atoms with E-state index in [1.807, 2.05) is 0 Å². The minimum absolute atomic E-state index is 0.413. The third-order valence-corrected chi connectivity index (χ3v) is 2.56. The Bertz CT molecular complexity index is 306. The standard InChI is InChI=1S/C8H9Cl2NOS/c1-12-6-3-2-5(11-4-13)7(9)8(6)10/h2-3,11,13H,4H2,1H3. The van der Waals surface area contributed by atoms with Gasteiger partial charge in [-0.2, -0.15) is 12.6 Å². The van der Waals surface area contributed by atoms with E-state index in [0.29, 0.717) is 21.7 Å². The molecule has 0 fully saturated rings. The van der Waals surface area contributed by atoms with E-state index in [-0.39, 0.29) is 0 Å². The predicted molar refractivity (Wildman–Crippen MR) is 60.5 cm³/mol. The summed E-state index contributed by atoms with van der Waals surface area (Å²) in [5.74, 6) is 1.07. The van der Waals surface area contributed by atoms with Crippen molar-refractivity contribution in [1.29, 1.82) is 0 Å². The van der Waals surface area contributed by atoms with E-state index in [1.54, 1.807) is 19.2 Å². The van der Waals surface area contributed by atoms with E-state index in [9.17, 15) is 0 Å². The molecule has 0 aliphatic rings. The summed E-state index contributed by atoms with van der Waals surface area (Å²) in [4.78, 5) is 0. The van der Waals surface area contributed by atoms with Gasteiger partial charge in [-0.05, 0) is 12.1 Å². The maximum absolute atomic E-state index is 5.95. The van der Waals surface area contributed by atoms with Crippen LogP contribution in [0.2, 0.25) is 10.0 Å². The molecule has 72 valence electrons. The van der Waals surface area contributed by atoms with Crippen molar-refractivity contribution < 1.29 is 4.74 Å². The molecule has 0 atom stereocenters. The zero-order valence-corrected chi connectivity index (χ0v) is 9.38. The van der Waals surface area contributed by atoms with Crippen molar-refractivity contribution in [2.45, 2.75) is 0 Å². The van der Waals surface area contributed by atoms with Crippen molar-refractivity contribution in [3.63, 3.8) is 0 Å². The van der Waals surface area contributed by atoms with Crippen LogP contribution in [0.25, 0.3) is 0 Å². The summed E-state index contributed by atoms with van der Waals surface area (Å²) < 4.78 is 5.00. The number of rotatable bonds is 3. The largest absolute Gasteiger partial charge is 0.495 e. The van der Waals surface area contributed by atoms with Crippen LogP contribution in [0.3, 0.4) is 0 Å². The van der Waals surface area contributed by atoms with Crippen molar-refractivity contribution in [3.05, 3.63) is 22.2 Å². The number of methoxy groups -OCH3 is 1. The Labute approximate surface area is 92.6 Å². The number of benzene rings is 1. The topological polar surface area (TPSA) is 21.3 Å². The Morgan fingerprint density at radius 3 is 2.62 bits per heavy atom. The van der Waals surface area contributed by atoms with Gasteiger partial charge in [0.05, 0.1) is 23.7 Å². The maximum atomic E-state index is 5.95. The first-order valence-corrected chi connectivity index (χ1v) is 4.96. The number of nitrogens with one attached hydrogen (secondary N) is 1. The summed E-state index contributed by atoms with van der Waals surface area (Å²) in [5, 5.41) is 3.83. The van der Waals surface area contributed by atoms with Crippen LogP contribution in [0.5, 0.6) is 5.75 Å². The summed E-state index contributed by atoms with van der Waals surface area (Å²) in [6.07, 6.45) is 0. The molecule has 13 heavy (non-hydrogen) atoms. The molecule has 0 aromatic heterocycles. The zero-order valence-electron chi connectivity index (χ0n) is 6.97. The van der Waals surface area contributed by atoms with Crippen LogP contribution in [0.15, 0.2) is 12.1 Å². The number of thiol groups is 1. The van der Waals surface area contributed by atoms with Crippen LogP contribution in [0, 0.1) is 0 Å².